The van der Waals surface area contributed by atoms with Crippen molar-refractivity contribution in [3.8, 4) is 11.3 Å². The summed E-state index contributed by atoms with van der Waals surface area (Å²) in [6.07, 6.45) is -0.0130. The maximum atomic E-state index is 13.2. The Morgan fingerprint density at radius 1 is 1.18 bits per heavy atom. The molecule has 0 aromatic carbocycles. The van der Waals surface area contributed by atoms with Crippen molar-refractivity contribution in [2.24, 2.45) is 0 Å². The van der Waals surface area contributed by atoms with Crippen molar-refractivity contribution in [2.75, 3.05) is 18.8 Å². The predicted molar refractivity (Wildman–Crippen MR) is 114 cm³/mol. The minimum atomic E-state index is -4.59. The highest BCUT2D eigenvalue weighted by atomic mass is 19.4. The van der Waals surface area contributed by atoms with Gasteiger partial charge >= 0.3 is 12.2 Å². The van der Waals surface area contributed by atoms with E-state index in [1.807, 2.05) is 28.9 Å². The molecule has 0 radical (unpaired) electrons. The first-order chi connectivity index (χ1) is 15.7. The summed E-state index contributed by atoms with van der Waals surface area (Å²) in [4.78, 5) is 22.4. The maximum absolute atomic E-state index is 13.2. The van der Waals surface area contributed by atoms with Gasteiger partial charge in [0.25, 0.3) is 0 Å². The third kappa shape index (κ3) is 3.87. The number of alkyl halides is 3. The topological polar surface area (TPSA) is 102 Å². The predicted octanol–water partition coefficient (Wildman–Crippen LogP) is 3.20. The molecule has 1 spiro atoms. The standard InChI is InChI=1S/C22H22F3N7O/c23-22(24,25)16-9-14(11-28-19(16)26)17-10-18-21(5-8-32(18)30-17)4-7-31(13-21)20(33)29-12-15-3-1-2-6-27-15/h1-3,6,9-11H,4-5,7-8,12-13H2,(H2,26,28)(H,29,33). The molecule has 2 aliphatic rings. The van der Waals surface area contributed by atoms with Crippen LogP contribution in [0, 0.1) is 0 Å². The lowest BCUT2D eigenvalue weighted by Crippen LogP contribution is -2.40. The van der Waals surface area contributed by atoms with E-state index >= 15 is 0 Å². The number of rotatable bonds is 3. The van der Waals surface area contributed by atoms with Crippen molar-refractivity contribution in [1.82, 2.24) is 30.0 Å². The van der Waals surface area contributed by atoms with Gasteiger partial charge in [-0.25, -0.2) is 9.78 Å². The lowest BCUT2D eigenvalue weighted by Gasteiger charge is -2.23. The summed E-state index contributed by atoms with van der Waals surface area (Å²) >= 11 is 0. The van der Waals surface area contributed by atoms with Crippen LogP contribution in [0.3, 0.4) is 0 Å². The number of aromatic nitrogens is 4. The van der Waals surface area contributed by atoms with Crippen LogP contribution in [0.15, 0.2) is 42.7 Å². The van der Waals surface area contributed by atoms with Gasteiger partial charge in [0.15, 0.2) is 0 Å². The van der Waals surface area contributed by atoms with Crippen LogP contribution in [0.1, 0.15) is 29.8 Å². The number of halogens is 3. The molecule has 11 heteroatoms. The lowest BCUT2D eigenvalue weighted by atomic mass is 9.82. The fraction of sp³-hybridized carbons (Fsp3) is 0.364. The van der Waals surface area contributed by atoms with Crippen molar-refractivity contribution in [3.63, 3.8) is 0 Å². The summed E-state index contributed by atoms with van der Waals surface area (Å²) in [5.41, 5.74) is 6.57. The summed E-state index contributed by atoms with van der Waals surface area (Å²) < 4.78 is 41.6. The van der Waals surface area contributed by atoms with Crippen molar-refractivity contribution in [3.05, 3.63) is 59.7 Å². The second-order valence-corrected chi connectivity index (χ2v) is 8.47. The monoisotopic (exact) mass is 457 g/mol. The van der Waals surface area contributed by atoms with Gasteiger partial charge in [-0.2, -0.15) is 18.3 Å². The number of nitrogens with two attached hydrogens (primary N) is 1. The van der Waals surface area contributed by atoms with Crippen LogP contribution in [-0.4, -0.2) is 43.8 Å². The SMILES string of the molecule is Nc1ncc(-c2cc3n(n2)CCC32CCN(C(=O)NCc3ccccn3)C2)cc1C(F)(F)F. The summed E-state index contributed by atoms with van der Waals surface area (Å²) in [5, 5.41) is 7.42. The Kier molecular flexibility index (Phi) is 4.98. The molecule has 3 aromatic rings. The number of nitrogens with one attached hydrogen (secondary N) is 1. The molecule has 1 atom stereocenters. The number of carbonyl (C=O) groups is 1. The Morgan fingerprint density at radius 2 is 2.00 bits per heavy atom. The number of nitrogen functional groups attached to an aromatic ring is 1. The van der Waals surface area contributed by atoms with E-state index in [9.17, 15) is 18.0 Å². The number of nitrogens with zero attached hydrogens (tertiary/aromatic N) is 5. The molecule has 0 aliphatic carbocycles. The number of hydrogen-bond acceptors (Lipinski definition) is 5. The zero-order valence-corrected chi connectivity index (χ0v) is 17.6. The molecule has 3 aromatic heterocycles. The van der Waals surface area contributed by atoms with E-state index in [1.54, 1.807) is 11.1 Å². The molecule has 0 bridgehead atoms. The maximum Gasteiger partial charge on any atom is 0.419 e. The van der Waals surface area contributed by atoms with Gasteiger partial charge in [-0.1, -0.05) is 6.07 Å². The Labute approximate surface area is 187 Å². The van der Waals surface area contributed by atoms with Crippen molar-refractivity contribution >= 4 is 11.8 Å². The fourth-order valence-corrected chi connectivity index (χ4v) is 4.69. The van der Waals surface area contributed by atoms with Gasteiger partial charge in [0, 0.05) is 48.7 Å². The third-order valence-corrected chi connectivity index (χ3v) is 6.43. The summed E-state index contributed by atoms with van der Waals surface area (Å²) in [5.74, 6) is -0.558. The molecule has 1 unspecified atom stereocenters. The molecule has 3 N–H and O–H groups in total. The second kappa shape index (κ2) is 7.75. The number of amides is 2. The number of fused-ring (bicyclic) bond motifs is 2. The van der Waals surface area contributed by atoms with E-state index < -0.39 is 17.6 Å². The van der Waals surface area contributed by atoms with E-state index in [0.29, 0.717) is 31.9 Å². The first-order valence-corrected chi connectivity index (χ1v) is 10.6. The summed E-state index contributed by atoms with van der Waals surface area (Å²) in [6, 6.07) is 8.17. The molecule has 1 fully saturated rings. The average Bonchev–Trinajstić information content (AvgIpc) is 3.49. The lowest BCUT2D eigenvalue weighted by molar-refractivity contribution is -0.137. The van der Waals surface area contributed by atoms with Crippen molar-refractivity contribution < 1.29 is 18.0 Å². The molecule has 5 rings (SSSR count). The molecule has 0 saturated carbocycles. The Morgan fingerprint density at radius 3 is 2.76 bits per heavy atom. The smallest absolute Gasteiger partial charge is 0.383 e. The highest BCUT2D eigenvalue weighted by Gasteiger charge is 2.47. The van der Waals surface area contributed by atoms with E-state index in [4.69, 9.17) is 5.73 Å². The molecule has 5 heterocycles. The number of urea groups is 1. The van der Waals surface area contributed by atoms with Crippen molar-refractivity contribution in [2.45, 2.75) is 37.5 Å². The summed E-state index contributed by atoms with van der Waals surface area (Å²) in [6.45, 7) is 2.11. The first-order valence-electron chi connectivity index (χ1n) is 10.6. The number of anilines is 1. The van der Waals surface area contributed by atoms with Gasteiger partial charge in [0.05, 0.1) is 23.5 Å². The highest BCUT2D eigenvalue weighted by molar-refractivity contribution is 5.75. The molecular formula is C22H22F3N7O. The van der Waals surface area contributed by atoms with Gasteiger partial charge in [0.1, 0.15) is 5.82 Å². The van der Waals surface area contributed by atoms with Crippen LogP contribution in [-0.2, 0) is 24.7 Å². The van der Waals surface area contributed by atoms with Gasteiger partial charge in [-0.05, 0) is 37.1 Å². The van der Waals surface area contributed by atoms with Crippen molar-refractivity contribution in [1.29, 1.82) is 0 Å². The molecule has 2 amide bonds. The van der Waals surface area contributed by atoms with E-state index in [2.05, 4.69) is 20.4 Å². The minimum Gasteiger partial charge on any atom is -0.383 e. The zero-order chi connectivity index (χ0) is 23.2. The van der Waals surface area contributed by atoms with Crippen LogP contribution in [0.2, 0.25) is 0 Å². The number of pyridine rings is 2. The average molecular weight is 457 g/mol. The summed E-state index contributed by atoms with van der Waals surface area (Å²) in [7, 11) is 0. The number of hydrogen-bond donors (Lipinski definition) is 2. The second-order valence-electron chi connectivity index (χ2n) is 8.47. The third-order valence-electron chi connectivity index (χ3n) is 6.43. The van der Waals surface area contributed by atoms with Gasteiger partial charge < -0.3 is 16.0 Å². The fourth-order valence-electron chi connectivity index (χ4n) is 4.69. The van der Waals surface area contributed by atoms with E-state index in [-0.39, 0.29) is 17.0 Å². The normalized spacial score (nSPS) is 19.8. The first kappa shape index (κ1) is 21.2. The van der Waals surface area contributed by atoms with Gasteiger partial charge in [-0.3, -0.25) is 9.67 Å². The Hall–Kier alpha value is -3.63. The number of likely N-dealkylation sites (tertiary alicyclic amines) is 1. The molecule has 1 saturated heterocycles. The van der Waals surface area contributed by atoms with Gasteiger partial charge in [-0.15, -0.1) is 0 Å². The number of aryl methyl sites for hydroxylation is 1. The molecule has 33 heavy (non-hydrogen) atoms. The zero-order valence-electron chi connectivity index (χ0n) is 17.6. The molecule has 8 nitrogen and oxygen atoms in total. The van der Waals surface area contributed by atoms with Crippen LogP contribution in [0.5, 0.6) is 0 Å². The Balaban J connectivity index is 1.33. The van der Waals surface area contributed by atoms with Crippen LogP contribution >= 0.6 is 0 Å². The highest BCUT2D eigenvalue weighted by Crippen LogP contribution is 2.44. The van der Waals surface area contributed by atoms with Crippen LogP contribution in [0.25, 0.3) is 11.3 Å². The Bertz CT molecular complexity index is 1190. The van der Waals surface area contributed by atoms with Gasteiger partial charge in [0.2, 0.25) is 0 Å². The molecule has 172 valence electrons. The molecular weight excluding hydrogens is 435 g/mol. The quantitative estimate of drug-likeness (QED) is 0.629. The van der Waals surface area contributed by atoms with E-state index in [1.165, 1.54) is 6.20 Å². The largest absolute Gasteiger partial charge is 0.419 e. The molecule has 2 aliphatic heterocycles. The minimum absolute atomic E-state index is 0.159. The van der Waals surface area contributed by atoms with E-state index in [0.717, 1.165) is 30.3 Å². The van der Waals surface area contributed by atoms with Crippen LogP contribution < -0.4 is 11.1 Å². The van der Waals surface area contributed by atoms with Crippen LogP contribution in [0.4, 0.5) is 23.8 Å². The number of carbonyl (C=O) groups excluding carboxylic acids is 1.